The second-order valence-electron chi connectivity index (χ2n) is 8.93. The van der Waals surface area contributed by atoms with Gasteiger partial charge < -0.3 is 9.47 Å². The van der Waals surface area contributed by atoms with E-state index in [1.54, 1.807) is 0 Å². The van der Waals surface area contributed by atoms with Crippen LogP contribution in [0.1, 0.15) is 46.3 Å². The van der Waals surface area contributed by atoms with Crippen molar-refractivity contribution in [2.45, 2.75) is 47.5 Å². The van der Waals surface area contributed by atoms with Crippen molar-refractivity contribution in [2.24, 2.45) is 11.8 Å². The number of hydrogen-bond acceptors (Lipinski definition) is 2. The van der Waals surface area contributed by atoms with Gasteiger partial charge in [0.2, 0.25) is 0 Å². The first-order valence-corrected chi connectivity index (χ1v) is 11.3. The van der Waals surface area contributed by atoms with Gasteiger partial charge in [0, 0.05) is 11.6 Å². The van der Waals surface area contributed by atoms with E-state index in [-0.39, 0.29) is 0 Å². The second-order valence-corrected chi connectivity index (χ2v) is 8.93. The lowest BCUT2D eigenvalue weighted by Crippen LogP contribution is -2.01. The molecule has 0 aliphatic carbocycles. The Morgan fingerprint density at radius 2 is 1.13 bits per heavy atom. The highest BCUT2D eigenvalue weighted by Crippen LogP contribution is 2.30. The van der Waals surface area contributed by atoms with Crippen LogP contribution in [-0.4, -0.2) is 13.2 Å². The molecule has 0 spiro atoms. The summed E-state index contributed by atoms with van der Waals surface area (Å²) < 4.78 is 17.7. The molecule has 0 saturated heterocycles. The summed E-state index contributed by atoms with van der Waals surface area (Å²) in [5.41, 5.74) is 3.31. The van der Waals surface area contributed by atoms with Crippen LogP contribution in [0.4, 0.5) is 0 Å². The van der Waals surface area contributed by atoms with Gasteiger partial charge in [0.15, 0.2) is 0 Å². The lowest BCUT2D eigenvalue weighted by atomic mass is 10.0. The zero-order valence-corrected chi connectivity index (χ0v) is 19.5. The monoisotopic (exact) mass is 419 g/mol. The minimum atomic E-state index is 0.643. The van der Waals surface area contributed by atoms with Crippen molar-refractivity contribution >= 4 is 0 Å². The number of aryl methyl sites for hydroxylation is 1. The summed E-state index contributed by atoms with van der Waals surface area (Å²) in [7, 11) is 0. The van der Waals surface area contributed by atoms with Crippen molar-refractivity contribution in [1.82, 2.24) is 0 Å². The average Bonchev–Trinajstić information content (AvgIpc) is 2.74. The van der Waals surface area contributed by atoms with E-state index in [9.17, 15) is 0 Å². The van der Waals surface area contributed by atoms with Crippen LogP contribution in [-0.2, 0) is 0 Å². The van der Waals surface area contributed by atoms with Gasteiger partial charge in [-0.3, -0.25) is 0 Å². The van der Waals surface area contributed by atoms with Crippen molar-refractivity contribution in [1.29, 1.82) is 0 Å². The summed E-state index contributed by atoms with van der Waals surface area (Å²) in [4.78, 5) is 0. The van der Waals surface area contributed by atoms with Gasteiger partial charge in [-0.15, -0.1) is 0 Å². The fourth-order valence-electron chi connectivity index (χ4n) is 3.23. The quantitative estimate of drug-likeness (QED) is 0.311. The zero-order valence-electron chi connectivity index (χ0n) is 19.5. The molecule has 0 fully saturated rings. The third-order valence-corrected chi connectivity index (χ3v) is 5.17. The fraction of sp³-hybridized carbons (Fsp3) is 0.393. The lowest BCUT2D eigenvalue weighted by Gasteiger charge is -2.09. The maximum absolute atomic E-state index is 6.01. The average molecular weight is 420 g/mol. The highest BCUT2D eigenvalue weighted by Gasteiger charge is 2.16. The van der Waals surface area contributed by atoms with Gasteiger partial charge in [-0.25, -0.2) is 4.42 Å². The lowest BCUT2D eigenvalue weighted by molar-refractivity contribution is 0.289. The van der Waals surface area contributed by atoms with Crippen molar-refractivity contribution in [2.75, 3.05) is 13.2 Å². The Morgan fingerprint density at radius 1 is 0.645 bits per heavy atom. The summed E-state index contributed by atoms with van der Waals surface area (Å²) in [5.74, 6) is 4.82. The molecule has 3 nitrogen and oxygen atoms in total. The molecule has 0 aliphatic heterocycles. The summed E-state index contributed by atoms with van der Waals surface area (Å²) in [6, 6.07) is 20.6. The van der Waals surface area contributed by atoms with Gasteiger partial charge in [0.25, 0.3) is 0 Å². The third kappa shape index (κ3) is 7.13. The highest BCUT2D eigenvalue weighted by atomic mass is 16.5. The summed E-state index contributed by atoms with van der Waals surface area (Å²) >= 11 is 0. The molecular formula is C28H35O3+. The largest absolute Gasteiger partial charge is 0.494 e. The Labute approximate surface area is 187 Å². The molecule has 0 aliphatic rings. The molecule has 0 amide bonds. The van der Waals surface area contributed by atoms with E-state index in [1.807, 2.05) is 31.2 Å². The number of hydrogen-bond donors (Lipinski definition) is 0. The molecule has 164 valence electrons. The molecule has 3 aromatic rings. The molecule has 0 unspecified atom stereocenters. The van der Waals surface area contributed by atoms with E-state index < -0.39 is 0 Å². The molecule has 3 heteroatoms. The smallest absolute Gasteiger partial charge is 0.360 e. The van der Waals surface area contributed by atoms with E-state index in [2.05, 4.69) is 64.1 Å². The molecule has 3 rings (SSSR count). The first-order chi connectivity index (χ1) is 14.9. The van der Waals surface area contributed by atoms with Gasteiger partial charge in [-0.05, 0) is 66.6 Å². The van der Waals surface area contributed by atoms with Crippen LogP contribution >= 0.6 is 0 Å². The highest BCUT2D eigenvalue weighted by molar-refractivity contribution is 5.70. The Balaban J connectivity index is 1.71. The van der Waals surface area contributed by atoms with Crippen LogP contribution in [0, 0.1) is 18.8 Å². The van der Waals surface area contributed by atoms with Crippen LogP contribution < -0.4 is 9.47 Å². The standard InChI is InChI=1S/C28H35O3/c1-20(2)14-16-29-26-10-6-23(7-11-26)25-18-22(5)31-28(19-25)24-8-12-27(13-9-24)30-17-15-21(3)4/h6-13,18-21H,14-17H2,1-5H3/q+1. The summed E-state index contributed by atoms with van der Waals surface area (Å²) in [6.45, 7) is 12.3. The summed E-state index contributed by atoms with van der Waals surface area (Å²) in [6.07, 6.45) is 2.12. The van der Waals surface area contributed by atoms with Crippen LogP contribution in [0.2, 0.25) is 0 Å². The molecule has 0 atom stereocenters. The van der Waals surface area contributed by atoms with Crippen molar-refractivity contribution < 1.29 is 13.9 Å². The van der Waals surface area contributed by atoms with Crippen molar-refractivity contribution in [3.8, 4) is 33.9 Å². The number of rotatable bonds is 10. The van der Waals surface area contributed by atoms with Crippen molar-refractivity contribution in [3.05, 3.63) is 66.4 Å². The molecule has 0 saturated carbocycles. The Kier molecular flexibility index (Phi) is 8.11. The maximum Gasteiger partial charge on any atom is 0.360 e. The molecule has 0 N–H and O–H groups in total. The minimum Gasteiger partial charge on any atom is -0.494 e. The molecule has 2 aromatic carbocycles. The number of benzene rings is 2. The van der Waals surface area contributed by atoms with E-state index in [4.69, 9.17) is 13.9 Å². The molecule has 0 radical (unpaired) electrons. The molecule has 31 heavy (non-hydrogen) atoms. The van der Waals surface area contributed by atoms with Gasteiger partial charge in [0.05, 0.1) is 31.8 Å². The van der Waals surface area contributed by atoms with E-state index in [0.717, 1.165) is 65.8 Å². The van der Waals surface area contributed by atoms with Gasteiger partial charge in [-0.2, -0.15) is 0 Å². The second kappa shape index (κ2) is 11.0. The van der Waals surface area contributed by atoms with Crippen LogP contribution in [0.5, 0.6) is 11.5 Å². The van der Waals surface area contributed by atoms with Crippen LogP contribution in [0.25, 0.3) is 22.5 Å². The molecule has 1 aromatic heterocycles. The first kappa shape index (κ1) is 22.9. The SMILES string of the molecule is Cc1cc(-c2ccc(OCCC(C)C)cc2)cc(-c2ccc(OCCC(C)C)cc2)[o+]1. The summed E-state index contributed by atoms with van der Waals surface area (Å²) in [5, 5.41) is 0. The Morgan fingerprint density at radius 3 is 1.61 bits per heavy atom. The van der Waals surface area contributed by atoms with Crippen LogP contribution in [0.15, 0.2) is 65.1 Å². The molecule has 0 bridgehead atoms. The van der Waals surface area contributed by atoms with Gasteiger partial charge in [0.1, 0.15) is 11.5 Å². The van der Waals surface area contributed by atoms with E-state index >= 15 is 0 Å². The molecular weight excluding hydrogens is 384 g/mol. The fourth-order valence-corrected chi connectivity index (χ4v) is 3.23. The zero-order chi connectivity index (χ0) is 22.2. The predicted octanol–water partition coefficient (Wildman–Crippen LogP) is 8.05. The van der Waals surface area contributed by atoms with Gasteiger partial charge >= 0.3 is 11.5 Å². The molecule has 1 heterocycles. The third-order valence-electron chi connectivity index (χ3n) is 5.17. The minimum absolute atomic E-state index is 0.643. The normalized spacial score (nSPS) is 11.2. The number of ether oxygens (including phenoxy) is 2. The van der Waals surface area contributed by atoms with Crippen LogP contribution in [0.3, 0.4) is 0 Å². The van der Waals surface area contributed by atoms with Crippen molar-refractivity contribution in [3.63, 3.8) is 0 Å². The van der Waals surface area contributed by atoms with E-state index in [0.29, 0.717) is 11.8 Å². The predicted molar refractivity (Wildman–Crippen MR) is 129 cm³/mol. The first-order valence-electron chi connectivity index (χ1n) is 11.3. The topological polar surface area (TPSA) is 29.8 Å². The Hall–Kier alpha value is -2.81. The van der Waals surface area contributed by atoms with E-state index in [1.165, 1.54) is 0 Å². The Bertz CT molecular complexity index is 865. The van der Waals surface area contributed by atoms with Gasteiger partial charge in [-0.1, -0.05) is 39.8 Å². The maximum atomic E-state index is 6.01.